The summed E-state index contributed by atoms with van der Waals surface area (Å²) in [6.45, 7) is 3.26. The van der Waals surface area contributed by atoms with Crippen molar-refractivity contribution >= 4 is 6.29 Å². The highest BCUT2D eigenvalue weighted by Crippen LogP contribution is 2.03. The summed E-state index contributed by atoms with van der Waals surface area (Å²) in [6, 6.07) is 0. The highest BCUT2D eigenvalue weighted by molar-refractivity contribution is 5.73. The Labute approximate surface area is 76.7 Å². The molecule has 0 aliphatic heterocycles. The molecule has 13 heavy (non-hydrogen) atoms. The number of hydrogen-bond donors (Lipinski definition) is 0. The predicted octanol–water partition coefficient (Wildman–Crippen LogP) is 0.299. The Morgan fingerprint density at radius 3 is 2.92 bits per heavy atom. The van der Waals surface area contributed by atoms with Gasteiger partial charge in [-0.25, -0.2) is 4.68 Å². The van der Waals surface area contributed by atoms with Gasteiger partial charge in [0.1, 0.15) is 5.69 Å². The molecule has 1 aromatic rings. The summed E-state index contributed by atoms with van der Waals surface area (Å²) < 4.78 is 6.64. The van der Waals surface area contributed by atoms with E-state index in [4.69, 9.17) is 4.74 Å². The second-order valence-corrected chi connectivity index (χ2v) is 2.60. The molecule has 0 bridgehead atoms. The van der Waals surface area contributed by atoms with Gasteiger partial charge in [0.05, 0.1) is 12.3 Å². The number of ether oxygens (including phenoxy) is 1. The van der Waals surface area contributed by atoms with E-state index in [1.54, 1.807) is 11.8 Å². The summed E-state index contributed by atoms with van der Waals surface area (Å²) in [6.07, 6.45) is 1.40. The maximum atomic E-state index is 10.6. The Morgan fingerprint density at radius 2 is 2.38 bits per heavy atom. The number of methoxy groups -OCH3 is 1. The lowest BCUT2D eigenvalue weighted by Crippen LogP contribution is -2.07. The van der Waals surface area contributed by atoms with Gasteiger partial charge in [-0.1, -0.05) is 5.21 Å². The van der Waals surface area contributed by atoms with Gasteiger partial charge < -0.3 is 4.74 Å². The van der Waals surface area contributed by atoms with Crippen LogP contribution in [0.4, 0.5) is 0 Å². The van der Waals surface area contributed by atoms with Gasteiger partial charge in [-0.05, 0) is 6.92 Å². The molecular formula is C8H13N3O2. The maximum absolute atomic E-state index is 10.6. The second-order valence-electron chi connectivity index (χ2n) is 2.60. The number of aldehydes is 1. The van der Waals surface area contributed by atoms with Crippen LogP contribution in [-0.2, 0) is 17.7 Å². The van der Waals surface area contributed by atoms with E-state index in [0.717, 1.165) is 18.5 Å². The highest BCUT2D eigenvalue weighted by Gasteiger charge is 2.09. The first-order valence-corrected chi connectivity index (χ1v) is 4.20. The standard InChI is InChI=1S/C8H13N3O2/c1-3-11-8(4-5-13-2)7(6-12)9-10-11/h6H,3-5H2,1-2H3. The third kappa shape index (κ3) is 2.12. The Bertz CT molecular complexity index is 283. The molecule has 72 valence electrons. The van der Waals surface area contributed by atoms with Crippen molar-refractivity contribution in [3.05, 3.63) is 11.4 Å². The summed E-state index contributed by atoms with van der Waals surface area (Å²) in [5.41, 5.74) is 1.26. The van der Waals surface area contributed by atoms with Crippen LogP contribution in [0, 0.1) is 0 Å². The zero-order chi connectivity index (χ0) is 9.68. The normalized spacial score (nSPS) is 10.3. The van der Waals surface area contributed by atoms with Crippen molar-refractivity contribution in [2.45, 2.75) is 19.9 Å². The van der Waals surface area contributed by atoms with Crippen LogP contribution < -0.4 is 0 Å². The molecule has 0 aliphatic rings. The molecule has 0 unspecified atom stereocenters. The van der Waals surface area contributed by atoms with Crippen molar-refractivity contribution in [1.29, 1.82) is 0 Å². The number of aryl methyl sites for hydroxylation is 1. The fourth-order valence-electron chi connectivity index (χ4n) is 1.15. The molecule has 0 saturated carbocycles. The van der Waals surface area contributed by atoms with Gasteiger partial charge in [0, 0.05) is 20.1 Å². The van der Waals surface area contributed by atoms with Crippen LogP contribution in [0.5, 0.6) is 0 Å². The second kappa shape index (κ2) is 4.71. The van der Waals surface area contributed by atoms with E-state index >= 15 is 0 Å². The van der Waals surface area contributed by atoms with Gasteiger partial charge in [-0.2, -0.15) is 0 Å². The van der Waals surface area contributed by atoms with Crippen molar-refractivity contribution in [2.75, 3.05) is 13.7 Å². The number of hydrogen-bond acceptors (Lipinski definition) is 4. The molecular weight excluding hydrogens is 170 g/mol. The number of carbonyl (C=O) groups is 1. The van der Waals surface area contributed by atoms with E-state index < -0.39 is 0 Å². The van der Waals surface area contributed by atoms with Crippen LogP contribution >= 0.6 is 0 Å². The van der Waals surface area contributed by atoms with Gasteiger partial charge in [-0.3, -0.25) is 4.79 Å². The lowest BCUT2D eigenvalue weighted by atomic mass is 10.2. The van der Waals surface area contributed by atoms with Gasteiger partial charge in [0.15, 0.2) is 6.29 Å². The molecule has 0 N–H and O–H groups in total. The quantitative estimate of drug-likeness (QED) is 0.616. The Kier molecular flexibility index (Phi) is 3.57. The van der Waals surface area contributed by atoms with Crippen LogP contribution in [0.15, 0.2) is 0 Å². The zero-order valence-electron chi connectivity index (χ0n) is 7.86. The molecule has 0 radical (unpaired) electrons. The minimum atomic E-state index is 0.416. The third-order valence-electron chi connectivity index (χ3n) is 1.82. The molecule has 1 rings (SSSR count). The number of aromatic nitrogens is 3. The highest BCUT2D eigenvalue weighted by atomic mass is 16.5. The predicted molar refractivity (Wildman–Crippen MR) is 46.7 cm³/mol. The summed E-state index contributed by atoms with van der Waals surface area (Å²) in [5.74, 6) is 0. The SMILES string of the molecule is CCn1nnc(C=O)c1CCOC. The fraction of sp³-hybridized carbons (Fsp3) is 0.625. The smallest absolute Gasteiger partial charge is 0.172 e. The largest absolute Gasteiger partial charge is 0.384 e. The number of rotatable bonds is 5. The number of carbonyl (C=O) groups excluding carboxylic acids is 1. The van der Waals surface area contributed by atoms with Gasteiger partial charge >= 0.3 is 0 Å². The van der Waals surface area contributed by atoms with Crippen molar-refractivity contribution in [3.8, 4) is 0 Å². The molecule has 0 aromatic carbocycles. The Hall–Kier alpha value is -1.23. The van der Waals surface area contributed by atoms with E-state index in [9.17, 15) is 4.79 Å². The molecule has 1 aromatic heterocycles. The summed E-state index contributed by atoms with van der Waals surface area (Å²) in [4.78, 5) is 10.6. The van der Waals surface area contributed by atoms with Crippen LogP contribution in [0.1, 0.15) is 23.1 Å². The first kappa shape index (κ1) is 9.85. The van der Waals surface area contributed by atoms with Crippen LogP contribution in [0.2, 0.25) is 0 Å². The Morgan fingerprint density at radius 1 is 1.62 bits per heavy atom. The molecule has 0 amide bonds. The van der Waals surface area contributed by atoms with E-state index in [-0.39, 0.29) is 0 Å². The molecule has 5 nitrogen and oxygen atoms in total. The average Bonchev–Trinajstić information content (AvgIpc) is 2.56. The van der Waals surface area contributed by atoms with E-state index in [0.29, 0.717) is 18.7 Å². The topological polar surface area (TPSA) is 57.0 Å². The minimum Gasteiger partial charge on any atom is -0.384 e. The van der Waals surface area contributed by atoms with E-state index in [1.165, 1.54) is 0 Å². The van der Waals surface area contributed by atoms with E-state index in [2.05, 4.69) is 10.3 Å². The van der Waals surface area contributed by atoms with Gasteiger partial charge in [-0.15, -0.1) is 5.10 Å². The first-order valence-electron chi connectivity index (χ1n) is 4.20. The molecule has 0 aliphatic carbocycles. The van der Waals surface area contributed by atoms with Crippen molar-refractivity contribution in [1.82, 2.24) is 15.0 Å². The van der Waals surface area contributed by atoms with Crippen LogP contribution in [-0.4, -0.2) is 35.0 Å². The third-order valence-corrected chi connectivity index (χ3v) is 1.82. The summed E-state index contributed by atoms with van der Waals surface area (Å²) in [7, 11) is 1.63. The van der Waals surface area contributed by atoms with Crippen molar-refractivity contribution < 1.29 is 9.53 Å². The lowest BCUT2D eigenvalue weighted by molar-refractivity contribution is 0.111. The van der Waals surface area contributed by atoms with Crippen LogP contribution in [0.25, 0.3) is 0 Å². The monoisotopic (exact) mass is 183 g/mol. The number of nitrogens with zero attached hydrogens (tertiary/aromatic N) is 3. The summed E-state index contributed by atoms with van der Waals surface area (Å²) >= 11 is 0. The van der Waals surface area contributed by atoms with E-state index in [1.807, 2.05) is 6.92 Å². The molecule has 0 atom stereocenters. The van der Waals surface area contributed by atoms with Gasteiger partial charge in [0.25, 0.3) is 0 Å². The lowest BCUT2D eigenvalue weighted by Gasteiger charge is -2.02. The Balaban J connectivity index is 2.84. The summed E-state index contributed by atoms with van der Waals surface area (Å²) in [5, 5.41) is 7.59. The maximum Gasteiger partial charge on any atom is 0.172 e. The minimum absolute atomic E-state index is 0.416. The zero-order valence-corrected chi connectivity index (χ0v) is 7.86. The average molecular weight is 183 g/mol. The van der Waals surface area contributed by atoms with Crippen molar-refractivity contribution in [2.24, 2.45) is 0 Å². The first-order chi connectivity index (χ1) is 6.33. The van der Waals surface area contributed by atoms with Crippen LogP contribution in [0.3, 0.4) is 0 Å². The van der Waals surface area contributed by atoms with Gasteiger partial charge in [0.2, 0.25) is 0 Å². The molecule has 5 heteroatoms. The molecule has 0 fully saturated rings. The molecule has 1 heterocycles. The fourth-order valence-corrected chi connectivity index (χ4v) is 1.15. The molecule has 0 spiro atoms. The van der Waals surface area contributed by atoms with Crippen molar-refractivity contribution in [3.63, 3.8) is 0 Å². The molecule has 0 saturated heterocycles.